The van der Waals surface area contributed by atoms with Crippen molar-refractivity contribution in [1.29, 1.82) is 0 Å². The van der Waals surface area contributed by atoms with E-state index in [1.807, 2.05) is 69.5 Å². The van der Waals surface area contributed by atoms with E-state index in [0.29, 0.717) is 32.1 Å². The first kappa shape index (κ1) is 26.9. The molecule has 198 valence electrons. The molecular formula is C26H35N7O3S. The molecule has 37 heavy (non-hydrogen) atoms. The van der Waals surface area contributed by atoms with Gasteiger partial charge in [0.25, 0.3) is 0 Å². The minimum Gasteiger partial charge on any atom is -0.379 e. The Morgan fingerprint density at radius 2 is 1.89 bits per heavy atom. The number of carbonyl (C=O) groups is 2. The maximum absolute atomic E-state index is 13.8. The molecule has 2 amide bonds. The van der Waals surface area contributed by atoms with Gasteiger partial charge < -0.3 is 15.0 Å². The molecule has 0 radical (unpaired) electrons. The van der Waals surface area contributed by atoms with E-state index >= 15 is 0 Å². The lowest BCUT2D eigenvalue weighted by atomic mass is 10.1. The van der Waals surface area contributed by atoms with Gasteiger partial charge in [-0.2, -0.15) is 4.80 Å². The number of aryl methyl sites for hydroxylation is 1. The van der Waals surface area contributed by atoms with Crippen LogP contribution in [0.3, 0.4) is 0 Å². The molecule has 3 heterocycles. The number of nitrogens with zero attached hydrogens (tertiary/aromatic N) is 6. The van der Waals surface area contributed by atoms with E-state index in [-0.39, 0.29) is 18.4 Å². The zero-order valence-electron chi connectivity index (χ0n) is 21.9. The molecule has 0 saturated carbocycles. The van der Waals surface area contributed by atoms with Gasteiger partial charge in [0.05, 0.1) is 13.2 Å². The maximum Gasteiger partial charge on any atom is 0.248 e. The molecule has 0 aliphatic carbocycles. The summed E-state index contributed by atoms with van der Waals surface area (Å²) in [7, 11) is 0. The van der Waals surface area contributed by atoms with Crippen LogP contribution in [-0.2, 0) is 20.9 Å². The van der Waals surface area contributed by atoms with Gasteiger partial charge in [0.15, 0.2) is 0 Å². The maximum atomic E-state index is 13.8. The Morgan fingerprint density at radius 3 is 2.54 bits per heavy atom. The Hall–Kier alpha value is -3.15. The molecule has 1 N–H and O–H groups in total. The summed E-state index contributed by atoms with van der Waals surface area (Å²) in [5.41, 5.74) is 1.52. The summed E-state index contributed by atoms with van der Waals surface area (Å²) in [4.78, 5) is 33.3. The third kappa shape index (κ3) is 7.43. The Morgan fingerprint density at radius 1 is 1.16 bits per heavy atom. The molecule has 10 nitrogen and oxygen atoms in total. The summed E-state index contributed by atoms with van der Waals surface area (Å²) < 4.78 is 5.47. The number of benzene rings is 1. The highest BCUT2D eigenvalue weighted by atomic mass is 32.1. The predicted molar refractivity (Wildman–Crippen MR) is 142 cm³/mol. The van der Waals surface area contributed by atoms with E-state index in [1.165, 1.54) is 16.1 Å². The second-order valence-corrected chi connectivity index (χ2v) is 11.2. The van der Waals surface area contributed by atoms with Crippen molar-refractivity contribution in [3.05, 3.63) is 52.2 Å². The fraction of sp³-hybridized carbons (Fsp3) is 0.500. The van der Waals surface area contributed by atoms with E-state index in [0.717, 1.165) is 29.1 Å². The first-order valence-electron chi connectivity index (χ1n) is 12.5. The Labute approximate surface area is 221 Å². The molecule has 0 spiro atoms. The van der Waals surface area contributed by atoms with Crippen molar-refractivity contribution < 1.29 is 14.3 Å². The smallest absolute Gasteiger partial charge is 0.248 e. The monoisotopic (exact) mass is 525 g/mol. The lowest BCUT2D eigenvalue weighted by Crippen LogP contribution is -2.51. The average molecular weight is 526 g/mol. The predicted octanol–water partition coefficient (Wildman–Crippen LogP) is 2.53. The second kappa shape index (κ2) is 11.9. The number of amides is 2. The van der Waals surface area contributed by atoms with E-state index in [9.17, 15) is 9.59 Å². The van der Waals surface area contributed by atoms with Gasteiger partial charge in [-0.05, 0) is 44.4 Å². The molecule has 2 aromatic heterocycles. The highest BCUT2D eigenvalue weighted by Gasteiger charge is 2.34. The molecule has 0 unspecified atom stereocenters. The first-order valence-corrected chi connectivity index (χ1v) is 13.4. The standard InChI is InChI=1S/C26H35N7O3S/c1-19-7-9-20(10-8-19)24-28-30-33(29-24)18-22(34)32(12-11-31-13-15-36-16-14-31)23(21-6-5-17-37-21)25(35)27-26(2,3)4/h5-10,17,23H,11-16,18H2,1-4H3,(H,27,35)/t23-/m1/s1. The molecule has 1 fully saturated rings. The first-order chi connectivity index (χ1) is 17.7. The number of tetrazole rings is 1. The van der Waals surface area contributed by atoms with Gasteiger partial charge in [-0.15, -0.1) is 21.5 Å². The van der Waals surface area contributed by atoms with Crippen LogP contribution in [0.4, 0.5) is 0 Å². The minimum atomic E-state index is -0.757. The van der Waals surface area contributed by atoms with Crippen molar-refractivity contribution >= 4 is 23.2 Å². The number of nitrogens with one attached hydrogen (secondary N) is 1. The van der Waals surface area contributed by atoms with Gasteiger partial charge in [0, 0.05) is 42.2 Å². The number of hydrogen-bond acceptors (Lipinski definition) is 8. The lowest BCUT2D eigenvalue weighted by molar-refractivity contribution is -0.142. The molecule has 1 aliphatic heterocycles. The largest absolute Gasteiger partial charge is 0.379 e. The van der Waals surface area contributed by atoms with Crippen LogP contribution in [0.15, 0.2) is 41.8 Å². The van der Waals surface area contributed by atoms with Crippen molar-refractivity contribution in [2.75, 3.05) is 39.4 Å². The summed E-state index contributed by atoms with van der Waals surface area (Å²) >= 11 is 1.46. The third-order valence-electron chi connectivity index (χ3n) is 5.99. The zero-order chi connectivity index (χ0) is 26.4. The number of aromatic nitrogens is 4. The number of morpholine rings is 1. The van der Waals surface area contributed by atoms with Crippen LogP contribution >= 0.6 is 11.3 Å². The van der Waals surface area contributed by atoms with Crippen molar-refractivity contribution in [2.24, 2.45) is 0 Å². The molecule has 1 aliphatic rings. The van der Waals surface area contributed by atoms with Crippen LogP contribution in [0.2, 0.25) is 0 Å². The number of hydrogen-bond donors (Lipinski definition) is 1. The van der Waals surface area contributed by atoms with Crippen molar-refractivity contribution in [3.63, 3.8) is 0 Å². The van der Waals surface area contributed by atoms with Crippen molar-refractivity contribution in [3.8, 4) is 11.4 Å². The minimum absolute atomic E-state index is 0.118. The topological polar surface area (TPSA) is 105 Å². The van der Waals surface area contributed by atoms with Crippen LogP contribution in [-0.4, -0.2) is 86.8 Å². The molecular weight excluding hydrogens is 490 g/mol. The summed E-state index contributed by atoms with van der Waals surface area (Å²) in [6, 6.07) is 10.9. The second-order valence-electron chi connectivity index (χ2n) is 10.2. The molecule has 1 saturated heterocycles. The fourth-order valence-corrected chi connectivity index (χ4v) is 4.96. The number of carbonyl (C=O) groups excluding carboxylic acids is 2. The summed E-state index contributed by atoms with van der Waals surface area (Å²) in [5.74, 6) is -0.00584. The van der Waals surface area contributed by atoms with E-state index in [4.69, 9.17) is 4.74 Å². The molecule has 1 aromatic carbocycles. The summed E-state index contributed by atoms with van der Waals surface area (Å²) in [6.07, 6.45) is 0. The van der Waals surface area contributed by atoms with E-state index in [1.54, 1.807) is 4.90 Å². The zero-order valence-corrected chi connectivity index (χ0v) is 22.7. The van der Waals surface area contributed by atoms with E-state index in [2.05, 4.69) is 25.6 Å². The van der Waals surface area contributed by atoms with Gasteiger partial charge >= 0.3 is 0 Å². The third-order valence-corrected chi connectivity index (χ3v) is 6.92. The summed E-state index contributed by atoms with van der Waals surface area (Å²) in [6.45, 7) is 11.6. The quantitative estimate of drug-likeness (QED) is 0.458. The normalized spacial score (nSPS) is 15.4. The molecule has 3 aromatic rings. The van der Waals surface area contributed by atoms with Crippen molar-refractivity contribution in [1.82, 2.24) is 35.3 Å². The number of ether oxygens (including phenoxy) is 1. The van der Waals surface area contributed by atoms with Crippen LogP contribution in [0.1, 0.15) is 37.3 Å². The van der Waals surface area contributed by atoms with Gasteiger partial charge in [0.1, 0.15) is 12.6 Å². The van der Waals surface area contributed by atoms with Gasteiger partial charge in [-0.1, -0.05) is 35.9 Å². The number of rotatable bonds is 9. The fourth-order valence-electron chi connectivity index (χ4n) is 4.12. The summed E-state index contributed by atoms with van der Waals surface area (Å²) in [5, 5.41) is 17.7. The highest BCUT2D eigenvalue weighted by molar-refractivity contribution is 7.10. The SMILES string of the molecule is Cc1ccc(-c2nnn(CC(=O)N(CCN3CCOCC3)[C@@H](C(=O)NC(C)(C)C)c3cccs3)n2)cc1. The van der Waals surface area contributed by atoms with Gasteiger partial charge in [-0.3, -0.25) is 14.5 Å². The van der Waals surface area contributed by atoms with Crippen LogP contribution < -0.4 is 5.32 Å². The van der Waals surface area contributed by atoms with Crippen LogP contribution in [0.25, 0.3) is 11.4 Å². The van der Waals surface area contributed by atoms with Crippen molar-refractivity contribution in [2.45, 2.75) is 45.8 Å². The van der Waals surface area contributed by atoms with E-state index < -0.39 is 11.6 Å². The van der Waals surface area contributed by atoms with Crippen LogP contribution in [0.5, 0.6) is 0 Å². The Bertz CT molecular complexity index is 1170. The number of thiophene rings is 1. The van der Waals surface area contributed by atoms with Crippen LogP contribution in [0, 0.1) is 6.92 Å². The Balaban J connectivity index is 1.58. The highest BCUT2D eigenvalue weighted by Crippen LogP contribution is 2.27. The molecule has 4 rings (SSSR count). The average Bonchev–Trinajstić information content (AvgIpc) is 3.54. The molecule has 11 heteroatoms. The van der Waals surface area contributed by atoms with Gasteiger partial charge in [0.2, 0.25) is 17.6 Å². The van der Waals surface area contributed by atoms with Gasteiger partial charge in [-0.25, -0.2) is 0 Å². The molecule has 1 atom stereocenters. The Kier molecular flexibility index (Phi) is 8.67. The molecule has 0 bridgehead atoms. The lowest BCUT2D eigenvalue weighted by Gasteiger charge is -2.35.